The van der Waals surface area contributed by atoms with Crippen LogP contribution >= 0.6 is 0 Å². The molecule has 6 heteroatoms. The van der Waals surface area contributed by atoms with Crippen LogP contribution in [0.4, 0.5) is 5.69 Å². The number of fused-ring (bicyclic) bond motifs is 1. The molecule has 0 amide bonds. The van der Waals surface area contributed by atoms with Gasteiger partial charge in [-0.15, -0.1) is 0 Å². The first kappa shape index (κ1) is 20.9. The van der Waals surface area contributed by atoms with Gasteiger partial charge in [0.2, 0.25) is 0 Å². The quantitative estimate of drug-likeness (QED) is 0.743. The molecule has 4 rings (SSSR count). The molecule has 5 nitrogen and oxygen atoms in total. The van der Waals surface area contributed by atoms with Gasteiger partial charge in [0.25, 0.3) is 0 Å². The molecule has 0 N–H and O–H groups in total. The van der Waals surface area contributed by atoms with Gasteiger partial charge < -0.3 is 9.64 Å². The second kappa shape index (κ2) is 8.03. The summed E-state index contributed by atoms with van der Waals surface area (Å²) in [6.45, 7) is 8.89. The van der Waals surface area contributed by atoms with Crippen molar-refractivity contribution in [2.75, 3.05) is 37.0 Å². The Morgan fingerprint density at radius 3 is 2.48 bits per heavy atom. The molecule has 0 bridgehead atoms. The Bertz CT molecular complexity index is 872. The predicted molar refractivity (Wildman–Crippen MR) is 118 cm³/mol. The minimum atomic E-state index is -3.04. The smallest absolute Gasteiger partial charge is 0.155 e. The van der Waals surface area contributed by atoms with Crippen molar-refractivity contribution in [3.8, 4) is 0 Å². The van der Waals surface area contributed by atoms with E-state index in [4.69, 9.17) is 4.74 Å². The van der Waals surface area contributed by atoms with Crippen molar-refractivity contribution in [1.29, 1.82) is 0 Å². The van der Waals surface area contributed by atoms with Crippen LogP contribution in [-0.2, 0) is 21.0 Å². The lowest BCUT2D eigenvalue weighted by Gasteiger charge is -2.31. The largest absolute Gasteiger partial charge is 0.378 e. The third-order valence-electron chi connectivity index (χ3n) is 6.86. The zero-order valence-electron chi connectivity index (χ0n) is 18.0. The van der Waals surface area contributed by atoms with E-state index >= 15 is 0 Å². The van der Waals surface area contributed by atoms with Crippen molar-refractivity contribution >= 4 is 21.6 Å². The van der Waals surface area contributed by atoms with E-state index in [0.717, 1.165) is 58.4 Å². The maximum atomic E-state index is 12.6. The lowest BCUT2D eigenvalue weighted by atomic mass is 9.79. The Labute approximate surface area is 175 Å². The fourth-order valence-corrected chi connectivity index (χ4v) is 6.29. The van der Waals surface area contributed by atoms with Crippen LogP contribution < -0.4 is 4.90 Å². The van der Waals surface area contributed by atoms with Crippen LogP contribution in [0.25, 0.3) is 6.08 Å². The van der Waals surface area contributed by atoms with Gasteiger partial charge in [-0.05, 0) is 64.4 Å². The summed E-state index contributed by atoms with van der Waals surface area (Å²) in [5.74, 6) is 1.21. The van der Waals surface area contributed by atoms with Gasteiger partial charge in [-0.25, -0.2) is 8.42 Å². The minimum absolute atomic E-state index is 0.307. The van der Waals surface area contributed by atoms with Crippen LogP contribution in [0, 0.1) is 11.8 Å². The zero-order valence-corrected chi connectivity index (χ0v) is 18.8. The average molecular weight is 419 g/mol. The van der Waals surface area contributed by atoms with Crippen molar-refractivity contribution in [3.05, 3.63) is 29.1 Å². The number of ether oxygens (including phenoxy) is 1. The van der Waals surface area contributed by atoms with E-state index in [1.165, 1.54) is 22.5 Å². The first-order valence-corrected chi connectivity index (χ1v) is 12.6. The molecule has 0 spiro atoms. The van der Waals surface area contributed by atoms with E-state index in [-0.39, 0.29) is 0 Å². The predicted octanol–water partition coefficient (Wildman–Crippen LogP) is 3.88. The fraction of sp³-hybridized carbons (Fsp3) is 0.696. The topological polar surface area (TPSA) is 59.5 Å². The second-order valence-corrected chi connectivity index (χ2v) is 12.6. The molecule has 1 aromatic rings. The SMILES string of the molecule is CC(C)(C)S(=O)(=O)CC1CCC(C2=Cc3c(N4CCOCC4)ccnc3C2)CC1. The Kier molecular flexibility index (Phi) is 5.77. The molecule has 1 aliphatic heterocycles. The summed E-state index contributed by atoms with van der Waals surface area (Å²) in [7, 11) is -3.04. The third kappa shape index (κ3) is 4.38. The highest BCUT2D eigenvalue weighted by atomic mass is 32.2. The normalized spacial score (nSPS) is 25.6. The van der Waals surface area contributed by atoms with Gasteiger partial charge in [-0.3, -0.25) is 4.98 Å². The van der Waals surface area contributed by atoms with Gasteiger partial charge in [0.05, 0.1) is 29.4 Å². The lowest BCUT2D eigenvalue weighted by molar-refractivity contribution is 0.122. The monoisotopic (exact) mass is 418 g/mol. The Balaban J connectivity index is 1.42. The standard InChI is InChI=1S/C23H34N2O3S/c1-23(2,3)29(26,27)16-17-4-6-18(7-5-17)19-14-20-21(15-19)24-9-8-22(20)25-10-12-28-13-11-25/h8-9,14,17-18H,4-7,10-13,15-16H2,1-3H3. The first-order valence-electron chi connectivity index (χ1n) is 11.0. The molecule has 3 aliphatic rings. The van der Waals surface area contributed by atoms with Crippen molar-refractivity contribution in [2.24, 2.45) is 11.8 Å². The number of hydrogen-bond acceptors (Lipinski definition) is 5. The number of sulfone groups is 1. The van der Waals surface area contributed by atoms with E-state index in [2.05, 4.69) is 22.0 Å². The third-order valence-corrected chi connectivity index (χ3v) is 9.64. The van der Waals surface area contributed by atoms with Gasteiger partial charge in [-0.2, -0.15) is 0 Å². The summed E-state index contributed by atoms with van der Waals surface area (Å²) in [5.41, 5.74) is 5.27. The van der Waals surface area contributed by atoms with Gasteiger partial charge in [0.1, 0.15) is 0 Å². The summed E-state index contributed by atoms with van der Waals surface area (Å²) >= 11 is 0. The summed E-state index contributed by atoms with van der Waals surface area (Å²) in [6, 6.07) is 2.14. The number of morpholine rings is 1. The highest BCUT2D eigenvalue weighted by molar-refractivity contribution is 7.92. The summed E-state index contributed by atoms with van der Waals surface area (Å²) in [6.07, 6.45) is 9.48. The number of pyridine rings is 1. The number of anilines is 1. The lowest BCUT2D eigenvalue weighted by Crippen LogP contribution is -2.36. The van der Waals surface area contributed by atoms with Crippen LogP contribution in [0.15, 0.2) is 17.8 Å². The highest BCUT2D eigenvalue weighted by Gasteiger charge is 2.34. The van der Waals surface area contributed by atoms with E-state index < -0.39 is 14.6 Å². The van der Waals surface area contributed by atoms with Gasteiger partial charge in [-0.1, -0.05) is 11.6 Å². The molecule has 1 saturated heterocycles. The van der Waals surface area contributed by atoms with Crippen molar-refractivity contribution < 1.29 is 13.2 Å². The van der Waals surface area contributed by atoms with Crippen LogP contribution in [0.3, 0.4) is 0 Å². The van der Waals surface area contributed by atoms with E-state index in [9.17, 15) is 8.42 Å². The molecule has 1 aromatic heterocycles. The molecule has 0 radical (unpaired) electrons. The van der Waals surface area contributed by atoms with Crippen LogP contribution in [0.1, 0.15) is 57.7 Å². The van der Waals surface area contributed by atoms with Crippen molar-refractivity contribution in [1.82, 2.24) is 4.98 Å². The van der Waals surface area contributed by atoms with E-state index in [1.807, 2.05) is 27.0 Å². The molecule has 0 aromatic carbocycles. The number of rotatable bonds is 4. The summed E-state index contributed by atoms with van der Waals surface area (Å²) in [4.78, 5) is 7.08. The number of hydrogen-bond donors (Lipinski definition) is 0. The number of allylic oxidation sites excluding steroid dienone is 1. The second-order valence-electron chi connectivity index (χ2n) is 9.80. The summed E-state index contributed by atoms with van der Waals surface area (Å²) in [5, 5.41) is 0. The molecular weight excluding hydrogens is 384 g/mol. The van der Waals surface area contributed by atoms with Crippen LogP contribution in [-0.4, -0.2) is 50.2 Å². The Morgan fingerprint density at radius 2 is 1.83 bits per heavy atom. The van der Waals surface area contributed by atoms with Gasteiger partial charge in [0, 0.05) is 37.0 Å². The molecule has 2 heterocycles. The fourth-order valence-electron chi connectivity index (χ4n) is 4.84. The van der Waals surface area contributed by atoms with Gasteiger partial charge >= 0.3 is 0 Å². The maximum absolute atomic E-state index is 12.6. The molecule has 0 atom stereocenters. The van der Waals surface area contributed by atoms with Crippen molar-refractivity contribution in [2.45, 2.75) is 57.6 Å². The molecule has 29 heavy (non-hydrogen) atoms. The minimum Gasteiger partial charge on any atom is -0.378 e. The molecular formula is C23H34N2O3S. The van der Waals surface area contributed by atoms with Crippen molar-refractivity contribution in [3.63, 3.8) is 0 Å². The summed E-state index contributed by atoms with van der Waals surface area (Å²) < 4.78 is 30.0. The first-order chi connectivity index (χ1) is 13.7. The maximum Gasteiger partial charge on any atom is 0.155 e. The number of nitrogens with zero attached hydrogens (tertiary/aromatic N) is 2. The van der Waals surface area contributed by atoms with Crippen LogP contribution in [0.2, 0.25) is 0 Å². The Hall–Kier alpha value is -1.40. The molecule has 2 fully saturated rings. The number of aromatic nitrogens is 1. The Morgan fingerprint density at radius 1 is 1.14 bits per heavy atom. The van der Waals surface area contributed by atoms with E-state index in [0.29, 0.717) is 17.6 Å². The molecule has 2 aliphatic carbocycles. The zero-order chi connectivity index (χ0) is 20.6. The molecule has 0 unspecified atom stereocenters. The average Bonchev–Trinajstić information content (AvgIpc) is 3.12. The van der Waals surface area contributed by atoms with E-state index in [1.54, 1.807) is 0 Å². The highest BCUT2D eigenvalue weighted by Crippen LogP contribution is 2.41. The molecule has 160 valence electrons. The van der Waals surface area contributed by atoms with Gasteiger partial charge in [0.15, 0.2) is 9.84 Å². The molecule has 1 saturated carbocycles. The van der Waals surface area contributed by atoms with Crippen LogP contribution in [0.5, 0.6) is 0 Å².